The lowest BCUT2D eigenvalue weighted by molar-refractivity contribution is 0.375. The molecule has 2 aromatic carbocycles. The monoisotopic (exact) mass is 442 g/mol. The van der Waals surface area contributed by atoms with Crippen LogP contribution in [-0.2, 0) is 0 Å². The van der Waals surface area contributed by atoms with Gasteiger partial charge in [-0.05, 0) is 36.4 Å². The first-order valence-electron chi connectivity index (χ1n) is 8.81. The Balaban J connectivity index is 1.98. The molecule has 2 heterocycles. The van der Waals surface area contributed by atoms with E-state index in [2.05, 4.69) is 16.3 Å². The molecule has 0 saturated heterocycles. The molecule has 3 N–H and O–H groups in total. The van der Waals surface area contributed by atoms with Gasteiger partial charge in [0.2, 0.25) is 11.8 Å². The van der Waals surface area contributed by atoms with Crippen molar-refractivity contribution in [1.82, 2.24) is 10.2 Å². The second kappa shape index (κ2) is 7.82. The number of ether oxygens (including phenoxy) is 3. The van der Waals surface area contributed by atoms with Gasteiger partial charge in [-0.3, -0.25) is 5.10 Å². The minimum absolute atomic E-state index is 0.0408. The zero-order chi connectivity index (χ0) is 21.4. The van der Waals surface area contributed by atoms with Gasteiger partial charge in [0.1, 0.15) is 23.1 Å². The van der Waals surface area contributed by atoms with Gasteiger partial charge < -0.3 is 19.9 Å². The number of nitrogens with zero attached hydrogens (tertiary/aromatic N) is 2. The van der Waals surface area contributed by atoms with Crippen LogP contribution in [0.3, 0.4) is 0 Å². The molecule has 4 rings (SSSR count). The molecule has 0 radical (unpaired) electrons. The van der Waals surface area contributed by atoms with E-state index in [9.17, 15) is 5.26 Å². The van der Waals surface area contributed by atoms with Crippen molar-refractivity contribution in [2.45, 2.75) is 5.92 Å². The molecule has 0 unspecified atom stereocenters. The topological polar surface area (TPSA) is 106 Å². The van der Waals surface area contributed by atoms with Crippen LogP contribution < -0.4 is 19.9 Å². The molecule has 1 atom stereocenters. The minimum Gasteiger partial charge on any atom is -0.497 e. The first-order chi connectivity index (χ1) is 14.5. The number of H-pyrrole nitrogens is 1. The Labute approximate surface area is 182 Å². The normalized spacial score (nSPS) is 15.2. The van der Waals surface area contributed by atoms with Crippen molar-refractivity contribution in [2.24, 2.45) is 5.73 Å². The number of aromatic nitrogens is 2. The van der Waals surface area contributed by atoms with Gasteiger partial charge in [-0.25, -0.2) is 0 Å². The molecular formula is C21H16Cl2N4O3. The molecule has 3 aromatic rings. The summed E-state index contributed by atoms with van der Waals surface area (Å²) in [4.78, 5) is 0. The molecule has 30 heavy (non-hydrogen) atoms. The third-order valence-corrected chi connectivity index (χ3v) is 5.37. The number of fused-ring (bicyclic) bond motifs is 1. The summed E-state index contributed by atoms with van der Waals surface area (Å²) in [7, 11) is 3.09. The summed E-state index contributed by atoms with van der Waals surface area (Å²) < 4.78 is 16.4. The fraction of sp³-hybridized carbons (Fsp3) is 0.143. The summed E-state index contributed by atoms with van der Waals surface area (Å²) >= 11 is 12.6. The molecule has 9 heteroatoms. The van der Waals surface area contributed by atoms with Crippen LogP contribution in [0.25, 0.3) is 11.3 Å². The average molecular weight is 443 g/mol. The minimum atomic E-state index is -0.652. The van der Waals surface area contributed by atoms with Gasteiger partial charge in [-0.15, -0.1) is 5.10 Å². The van der Waals surface area contributed by atoms with E-state index >= 15 is 0 Å². The second-order valence-electron chi connectivity index (χ2n) is 6.48. The fourth-order valence-corrected chi connectivity index (χ4v) is 4.13. The lowest BCUT2D eigenvalue weighted by Gasteiger charge is -2.26. The molecular weight excluding hydrogens is 427 g/mol. The zero-order valence-corrected chi connectivity index (χ0v) is 17.5. The highest BCUT2D eigenvalue weighted by Gasteiger charge is 2.37. The van der Waals surface area contributed by atoms with E-state index < -0.39 is 5.92 Å². The van der Waals surface area contributed by atoms with Crippen molar-refractivity contribution in [1.29, 1.82) is 5.26 Å². The highest BCUT2D eigenvalue weighted by Crippen LogP contribution is 2.49. The molecule has 0 spiro atoms. The Morgan fingerprint density at radius 3 is 2.53 bits per heavy atom. The van der Waals surface area contributed by atoms with E-state index in [0.29, 0.717) is 38.4 Å². The van der Waals surface area contributed by atoms with Crippen LogP contribution in [0.5, 0.6) is 17.4 Å². The maximum Gasteiger partial charge on any atom is 0.244 e. The van der Waals surface area contributed by atoms with Crippen LogP contribution in [-0.4, -0.2) is 24.4 Å². The predicted molar refractivity (Wildman–Crippen MR) is 113 cm³/mol. The van der Waals surface area contributed by atoms with Crippen LogP contribution in [0.2, 0.25) is 10.0 Å². The van der Waals surface area contributed by atoms with Gasteiger partial charge in [-0.1, -0.05) is 23.2 Å². The largest absolute Gasteiger partial charge is 0.497 e. The second-order valence-corrected chi connectivity index (χ2v) is 7.32. The summed E-state index contributed by atoms with van der Waals surface area (Å²) in [5.41, 5.74) is 8.94. The summed E-state index contributed by atoms with van der Waals surface area (Å²) in [5.74, 6) is 0.675. The number of hydrogen-bond donors (Lipinski definition) is 2. The Bertz CT molecular complexity index is 1200. The van der Waals surface area contributed by atoms with Crippen molar-refractivity contribution >= 4 is 23.2 Å². The first kappa shape index (κ1) is 20.0. The smallest absolute Gasteiger partial charge is 0.244 e. The summed E-state index contributed by atoms with van der Waals surface area (Å²) in [5, 5.41) is 17.8. The van der Waals surface area contributed by atoms with Crippen molar-refractivity contribution in [3.05, 3.63) is 69.0 Å². The van der Waals surface area contributed by atoms with Gasteiger partial charge in [0.05, 0.1) is 36.4 Å². The van der Waals surface area contributed by atoms with Gasteiger partial charge in [0.25, 0.3) is 0 Å². The van der Waals surface area contributed by atoms with Gasteiger partial charge >= 0.3 is 0 Å². The maximum absolute atomic E-state index is 9.87. The van der Waals surface area contributed by atoms with Crippen LogP contribution in [0, 0.1) is 11.3 Å². The van der Waals surface area contributed by atoms with Crippen molar-refractivity contribution in [2.75, 3.05) is 14.2 Å². The number of methoxy groups -OCH3 is 2. The van der Waals surface area contributed by atoms with Gasteiger partial charge in [0, 0.05) is 16.1 Å². The quantitative estimate of drug-likeness (QED) is 0.610. The molecule has 0 fully saturated rings. The molecule has 0 saturated carbocycles. The Hall–Kier alpha value is -3.34. The standard InChI is InChI=1S/C21H16Cl2N4O3/c1-28-12-5-3-10(4-6-12)18-17-16(13-7-11(22)8-15(23)19(13)29-2)14(9-24)20(25)30-21(17)27-26-18/h3-8,16H,25H2,1-2H3,(H,26,27)/t16-/m1/s1. The molecule has 152 valence electrons. The summed E-state index contributed by atoms with van der Waals surface area (Å²) in [6.07, 6.45) is 0. The lowest BCUT2D eigenvalue weighted by Crippen LogP contribution is -2.21. The highest BCUT2D eigenvalue weighted by molar-refractivity contribution is 6.35. The zero-order valence-electron chi connectivity index (χ0n) is 16.0. The van der Waals surface area contributed by atoms with Crippen LogP contribution in [0.4, 0.5) is 0 Å². The van der Waals surface area contributed by atoms with Gasteiger partial charge in [0.15, 0.2) is 0 Å². The van der Waals surface area contributed by atoms with E-state index in [1.54, 1.807) is 19.2 Å². The Kier molecular flexibility index (Phi) is 5.20. The number of nitriles is 1. The van der Waals surface area contributed by atoms with E-state index in [1.807, 2.05) is 24.3 Å². The van der Waals surface area contributed by atoms with Crippen molar-refractivity contribution < 1.29 is 14.2 Å². The average Bonchev–Trinajstić information content (AvgIpc) is 3.15. The number of rotatable bonds is 4. The number of allylic oxidation sites excluding steroid dienone is 1. The SMILES string of the molecule is COc1ccc(-c2[nH]nc3c2[C@H](c2cc(Cl)cc(Cl)c2OC)C(C#N)=C(N)O3)cc1. The Morgan fingerprint density at radius 2 is 1.90 bits per heavy atom. The van der Waals surface area contributed by atoms with E-state index in [0.717, 1.165) is 5.56 Å². The first-order valence-corrected chi connectivity index (χ1v) is 9.57. The van der Waals surface area contributed by atoms with Crippen molar-refractivity contribution in [3.63, 3.8) is 0 Å². The number of benzene rings is 2. The van der Waals surface area contributed by atoms with E-state index in [4.69, 9.17) is 43.1 Å². The third-order valence-electron chi connectivity index (χ3n) is 4.87. The number of nitrogens with one attached hydrogen (secondary N) is 1. The molecule has 7 nitrogen and oxygen atoms in total. The number of aromatic amines is 1. The lowest BCUT2D eigenvalue weighted by atomic mass is 9.82. The summed E-state index contributed by atoms with van der Waals surface area (Å²) in [6.45, 7) is 0. The molecule has 1 aliphatic heterocycles. The van der Waals surface area contributed by atoms with Crippen LogP contribution in [0.1, 0.15) is 17.0 Å². The third kappa shape index (κ3) is 3.20. The molecule has 0 amide bonds. The maximum atomic E-state index is 9.87. The molecule has 0 bridgehead atoms. The molecule has 1 aliphatic rings. The molecule has 1 aromatic heterocycles. The molecule has 0 aliphatic carbocycles. The van der Waals surface area contributed by atoms with Crippen molar-refractivity contribution in [3.8, 4) is 34.7 Å². The summed E-state index contributed by atoms with van der Waals surface area (Å²) in [6, 6.07) is 12.8. The van der Waals surface area contributed by atoms with Crippen LogP contribution in [0.15, 0.2) is 47.9 Å². The predicted octanol–water partition coefficient (Wildman–Crippen LogP) is 4.62. The number of nitrogens with two attached hydrogens (primary N) is 1. The number of hydrogen-bond acceptors (Lipinski definition) is 6. The van der Waals surface area contributed by atoms with Crippen LogP contribution >= 0.6 is 23.2 Å². The van der Waals surface area contributed by atoms with E-state index in [-0.39, 0.29) is 17.3 Å². The van der Waals surface area contributed by atoms with Gasteiger partial charge in [-0.2, -0.15) is 5.26 Å². The highest BCUT2D eigenvalue weighted by atomic mass is 35.5. The Morgan fingerprint density at radius 1 is 1.17 bits per heavy atom. The fourth-order valence-electron chi connectivity index (χ4n) is 3.54. The number of halogens is 2. The van der Waals surface area contributed by atoms with E-state index in [1.165, 1.54) is 7.11 Å².